The Labute approximate surface area is 101 Å². The van der Waals surface area contributed by atoms with Crippen molar-refractivity contribution in [2.75, 3.05) is 26.9 Å². The molecule has 0 fully saturated rings. The summed E-state index contributed by atoms with van der Waals surface area (Å²) in [6.07, 6.45) is 0.274. The lowest BCUT2D eigenvalue weighted by Gasteiger charge is -2.05. The van der Waals surface area contributed by atoms with E-state index in [1.165, 1.54) is 0 Å². The van der Waals surface area contributed by atoms with Gasteiger partial charge in [-0.05, 0) is 5.56 Å². The number of carbonyl (C=O) groups is 1. The molecule has 1 aromatic rings. The maximum Gasteiger partial charge on any atom is 0.308 e. The second kappa shape index (κ2) is 8.73. The highest BCUT2D eigenvalue weighted by Crippen LogP contribution is 2.01. The van der Waals surface area contributed by atoms with Crippen LogP contribution >= 0.6 is 0 Å². The Hall–Kier alpha value is -1.39. The molecule has 0 aliphatic rings. The van der Waals surface area contributed by atoms with Crippen LogP contribution in [0.15, 0.2) is 30.3 Å². The first-order valence-electron chi connectivity index (χ1n) is 5.59. The van der Waals surface area contributed by atoms with E-state index in [2.05, 4.69) is 0 Å². The first kappa shape index (κ1) is 13.7. The van der Waals surface area contributed by atoms with Gasteiger partial charge in [-0.2, -0.15) is 0 Å². The number of esters is 1. The molecule has 17 heavy (non-hydrogen) atoms. The predicted octanol–water partition coefficient (Wildman–Crippen LogP) is 1.78. The lowest BCUT2D eigenvalue weighted by Crippen LogP contribution is -2.10. The summed E-state index contributed by atoms with van der Waals surface area (Å²) in [4.78, 5) is 11.3. The number of rotatable bonds is 8. The Bertz CT molecular complexity index is 310. The average Bonchev–Trinajstić information content (AvgIpc) is 2.37. The van der Waals surface area contributed by atoms with Crippen molar-refractivity contribution >= 4 is 5.97 Å². The molecule has 0 unspecified atom stereocenters. The second-order valence-electron chi connectivity index (χ2n) is 3.50. The van der Waals surface area contributed by atoms with Gasteiger partial charge in [0.15, 0.2) is 0 Å². The van der Waals surface area contributed by atoms with Crippen LogP contribution in [0.3, 0.4) is 0 Å². The van der Waals surface area contributed by atoms with E-state index in [1.807, 2.05) is 30.3 Å². The molecule has 0 N–H and O–H groups in total. The molecule has 0 spiro atoms. The standard InChI is InChI=1S/C13H18O4/c1-15-9-10-16-8-7-13(14)17-11-12-5-3-2-4-6-12/h2-6H,7-11H2,1H3. The molecule has 0 aliphatic heterocycles. The Morgan fingerprint density at radius 2 is 1.88 bits per heavy atom. The molecule has 1 aromatic carbocycles. The van der Waals surface area contributed by atoms with Gasteiger partial charge in [0.1, 0.15) is 6.61 Å². The molecule has 0 atom stereocenters. The predicted molar refractivity (Wildman–Crippen MR) is 63.6 cm³/mol. The number of carbonyl (C=O) groups excluding carboxylic acids is 1. The third kappa shape index (κ3) is 6.71. The molecule has 4 heteroatoms. The lowest BCUT2D eigenvalue weighted by molar-refractivity contribution is -0.146. The third-order valence-electron chi connectivity index (χ3n) is 2.12. The van der Waals surface area contributed by atoms with E-state index in [0.29, 0.717) is 26.4 Å². The Kier molecular flexibility index (Phi) is 7.02. The number of ether oxygens (including phenoxy) is 3. The summed E-state index contributed by atoms with van der Waals surface area (Å²) in [6, 6.07) is 9.59. The number of hydrogen-bond acceptors (Lipinski definition) is 4. The molecule has 0 aliphatic carbocycles. The summed E-state index contributed by atoms with van der Waals surface area (Å²) in [5.41, 5.74) is 0.987. The largest absolute Gasteiger partial charge is 0.461 e. The van der Waals surface area contributed by atoms with E-state index in [0.717, 1.165) is 5.56 Å². The molecule has 0 saturated carbocycles. The molecule has 0 heterocycles. The van der Waals surface area contributed by atoms with Gasteiger partial charge in [0.05, 0.1) is 26.2 Å². The van der Waals surface area contributed by atoms with Gasteiger partial charge in [-0.15, -0.1) is 0 Å². The first-order chi connectivity index (χ1) is 8.33. The highest BCUT2D eigenvalue weighted by molar-refractivity contribution is 5.69. The van der Waals surface area contributed by atoms with Crippen molar-refractivity contribution in [1.29, 1.82) is 0 Å². The van der Waals surface area contributed by atoms with E-state index in [9.17, 15) is 4.79 Å². The quantitative estimate of drug-likeness (QED) is 0.511. The number of hydrogen-bond donors (Lipinski definition) is 0. The normalized spacial score (nSPS) is 10.2. The van der Waals surface area contributed by atoms with Gasteiger partial charge in [0, 0.05) is 7.11 Å². The third-order valence-corrected chi connectivity index (χ3v) is 2.12. The zero-order valence-corrected chi connectivity index (χ0v) is 10.1. The zero-order valence-electron chi connectivity index (χ0n) is 10.1. The maximum absolute atomic E-state index is 11.3. The molecule has 94 valence electrons. The zero-order chi connectivity index (χ0) is 12.3. The van der Waals surface area contributed by atoms with E-state index < -0.39 is 0 Å². The summed E-state index contributed by atoms with van der Waals surface area (Å²) < 4.78 is 15.1. The number of methoxy groups -OCH3 is 1. The second-order valence-corrected chi connectivity index (χ2v) is 3.50. The van der Waals surface area contributed by atoms with E-state index in [-0.39, 0.29) is 12.4 Å². The summed E-state index contributed by atoms with van der Waals surface area (Å²) in [5.74, 6) is -0.244. The van der Waals surface area contributed by atoms with Crippen LogP contribution in [0, 0.1) is 0 Å². The minimum atomic E-state index is -0.244. The average molecular weight is 238 g/mol. The molecule has 0 aromatic heterocycles. The van der Waals surface area contributed by atoms with Crippen molar-refractivity contribution in [2.45, 2.75) is 13.0 Å². The van der Waals surface area contributed by atoms with Crippen molar-refractivity contribution in [1.82, 2.24) is 0 Å². The Morgan fingerprint density at radius 1 is 1.12 bits per heavy atom. The van der Waals surface area contributed by atoms with Crippen LogP contribution in [-0.2, 0) is 25.6 Å². The summed E-state index contributed by atoms with van der Waals surface area (Å²) >= 11 is 0. The van der Waals surface area contributed by atoms with Gasteiger partial charge in [-0.3, -0.25) is 4.79 Å². The highest BCUT2D eigenvalue weighted by Gasteiger charge is 2.02. The molecule has 0 bridgehead atoms. The van der Waals surface area contributed by atoms with Crippen molar-refractivity contribution in [3.05, 3.63) is 35.9 Å². The van der Waals surface area contributed by atoms with Crippen LogP contribution in [0.1, 0.15) is 12.0 Å². The molecule has 0 radical (unpaired) electrons. The van der Waals surface area contributed by atoms with Gasteiger partial charge in [-0.1, -0.05) is 30.3 Å². The minimum Gasteiger partial charge on any atom is -0.461 e. The number of benzene rings is 1. The molecule has 1 rings (SSSR count). The van der Waals surface area contributed by atoms with Crippen LogP contribution < -0.4 is 0 Å². The first-order valence-corrected chi connectivity index (χ1v) is 5.59. The summed E-state index contributed by atoms with van der Waals surface area (Å²) in [7, 11) is 1.61. The fourth-order valence-corrected chi connectivity index (χ4v) is 1.21. The van der Waals surface area contributed by atoms with Crippen LogP contribution in [0.2, 0.25) is 0 Å². The maximum atomic E-state index is 11.3. The van der Waals surface area contributed by atoms with Crippen molar-refractivity contribution < 1.29 is 19.0 Å². The Balaban J connectivity index is 2.05. The van der Waals surface area contributed by atoms with E-state index >= 15 is 0 Å². The molecule has 0 amide bonds. The SMILES string of the molecule is COCCOCCC(=O)OCc1ccccc1. The van der Waals surface area contributed by atoms with Crippen molar-refractivity contribution in [3.63, 3.8) is 0 Å². The molecular formula is C13H18O4. The monoisotopic (exact) mass is 238 g/mol. The summed E-state index contributed by atoms with van der Waals surface area (Å²) in [5, 5.41) is 0. The van der Waals surface area contributed by atoms with E-state index in [4.69, 9.17) is 14.2 Å². The van der Waals surface area contributed by atoms with E-state index in [1.54, 1.807) is 7.11 Å². The lowest BCUT2D eigenvalue weighted by atomic mass is 10.2. The highest BCUT2D eigenvalue weighted by atomic mass is 16.5. The topological polar surface area (TPSA) is 44.8 Å². The van der Waals surface area contributed by atoms with Crippen LogP contribution in [-0.4, -0.2) is 32.9 Å². The molecule has 0 saturated heterocycles. The fourth-order valence-electron chi connectivity index (χ4n) is 1.21. The van der Waals surface area contributed by atoms with Gasteiger partial charge in [0.25, 0.3) is 0 Å². The summed E-state index contributed by atoms with van der Waals surface area (Å²) in [6.45, 7) is 1.73. The van der Waals surface area contributed by atoms with Crippen LogP contribution in [0.5, 0.6) is 0 Å². The minimum absolute atomic E-state index is 0.244. The molecule has 4 nitrogen and oxygen atoms in total. The fraction of sp³-hybridized carbons (Fsp3) is 0.462. The smallest absolute Gasteiger partial charge is 0.308 e. The van der Waals surface area contributed by atoms with Crippen molar-refractivity contribution in [3.8, 4) is 0 Å². The van der Waals surface area contributed by atoms with Gasteiger partial charge in [-0.25, -0.2) is 0 Å². The van der Waals surface area contributed by atoms with Crippen molar-refractivity contribution in [2.24, 2.45) is 0 Å². The van der Waals surface area contributed by atoms with Crippen LogP contribution in [0.4, 0.5) is 0 Å². The van der Waals surface area contributed by atoms with Gasteiger partial charge >= 0.3 is 5.97 Å². The Morgan fingerprint density at radius 3 is 2.59 bits per heavy atom. The molecular weight excluding hydrogens is 220 g/mol. The van der Waals surface area contributed by atoms with Gasteiger partial charge < -0.3 is 14.2 Å². The van der Waals surface area contributed by atoms with Gasteiger partial charge in [0.2, 0.25) is 0 Å². The van der Waals surface area contributed by atoms with Crippen LogP contribution in [0.25, 0.3) is 0 Å².